The van der Waals surface area contributed by atoms with Crippen LogP contribution in [-0.2, 0) is 16.0 Å². The summed E-state index contributed by atoms with van der Waals surface area (Å²) < 4.78 is 10.4. The third-order valence-corrected chi connectivity index (χ3v) is 5.19. The van der Waals surface area contributed by atoms with Gasteiger partial charge in [0.05, 0.1) is 20.3 Å². The van der Waals surface area contributed by atoms with Crippen molar-refractivity contribution in [1.29, 1.82) is 0 Å². The number of carbonyl (C=O) groups excluding carboxylic acids is 2. The second-order valence-corrected chi connectivity index (χ2v) is 6.35. The average Bonchev–Trinajstić information content (AvgIpc) is 2.67. The summed E-state index contributed by atoms with van der Waals surface area (Å²) in [6.45, 7) is 0.588. The molecule has 2 heterocycles. The summed E-state index contributed by atoms with van der Waals surface area (Å²) in [5, 5.41) is 0. The van der Waals surface area contributed by atoms with Crippen LogP contribution in [0.4, 0.5) is 0 Å². The van der Waals surface area contributed by atoms with Crippen LogP contribution in [0.25, 0.3) is 0 Å². The number of amides is 1. The molecule has 0 saturated carbocycles. The van der Waals surface area contributed by atoms with Crippen LogP contribution in [-0.4, -0.2) is 37.5 Å². The first kappa shape index (κ1) is 15.7. The number of hydrogen-bond acceptors (Lipinski definition) is 4. The fourth-order valence-electron chi connectivity index (χ4n) is 4.01. The van der Waals surface area contributed by atoms with Gasteiger partial charge in [-0.2, -0.15) is 0 Å². The molecule has 2 atom stereocenters. The molecule has 0 bridgehead atoms. The van der Waals surface area contributed by atoms with Crippen molar-refractivity contribution in [3.8, 4) is 5.75 Å². The van der Waals surface area contributed by atoms with E-state index < -0.39 is 5.92 Å². The summed E-state index contributed by atoms with van der Waals surface area (Å²) in [5.74, 6) is -0.323. The molecule has 1 amide bonds. The zero-order valence-electron chi connectivity index (χ0n) is 14.2. The molecule has 2 aliphatic heterocycles. The largest absolute Gasteiger partial charge is 0.497 e. The SMILES string of the molecule is COC(=O)[C@@H]1c2ccc(OC)cc2C(=O)N2CCc3ccccc3[C@H]12. The number of nitrogens with zero attached hydrogens (tertiary/aromatic N) is 1. The molecule has 5 heteroatoms. The van der Waals surface area contributed by atoms with Gasteiger partial charge in [0.15, 0.2) is 0 Å². The molecular weight excluding hydrogens is 318 g/mol. The number of rotatable bonds is 2. The number of benzene rings is 2. The predicted molar refractivity (Wildman–Crippen MR) is 91.7 cm³/mol. The Morgan fingerprint density at radius 3 is 2.68 bits per heavy atom. The van der Waals surface area contributed by atoms with E-state index in [9.17, 15) is 9.59 Å². The highest BCUT2D eigenvalue weighted by Gasteiger charge is 2.46. The van der Waals surface area contributed by atoms with Crippen molar-refractivity contribution >= 4 is 11.9 Å². The van der Waals surface area contributed by atoms with Gasteiger partial charge < -0.3 is 14.4 Å². The Bertz CT molecular complexity index is 861. The van der Waals surface area contributed by atoms with E-state index >= 15 is 0 Å². The number of ether oxygens (including phenoxy) is 2. The van der Waals surface area contributed by atoms with Crippen molar-refractivity contribution in [3.63, 3.8) is 0 Å². The van der Waals surface area contributed by atoms with Gasteiger partial charge in [0.2, 0.25) is 0 Å². The summed E-state index contributed by atoms with van der Waals surface area (Å²) in [7, 11) is 2.95. The van der Waals surface area contributed by atoms with Crippen LogP contribution >= 0.6 is 0 Å². The lowest BCUT2D eigenvalue weighted by Crippen LogP contribution is -2.48. The Hall–Kier alpha value is -2.82. The van der Waals surface area contributed by atoms with Crippen molar-refractivity contribution in [2.45, 2.75) is 18.4 Å². The van der Waals surface area contributed by atoms with Crippen LogP contribution in [0.15, 0.2) is 42.5 Å². The molecule has 0 spiro atoms. The zero-order valence-corrected chi connectivity index (χ0v) is 14.2. The van der Waals surface area contributed by atoms with E-state index in [0.29, 0.717) is 23.4 Å². The monoisotopic (exact) mass is 337 g/mol. The molecule has 0 aliphatic carbocycles. The predicted octanol–water partition coefficient (Wildman–Crippen LogP) is 2.71. The van der Waals surface area contributed by atoms with Crippen LogP contribution in [0.1, 0.15) is 39.0 Å². The topological polar surface area (TPSA) is 55.8 Å². The first-order valence-electron chi connectivity index (χ1n) is 8.30. The van der Waals surface area contributed by atoms with E-state index in [1.807, 2.05) is 24.3 Å². The lowest BCUT2D eigenvalue weighted by atomic mass is 9.76. The first-order valence-corrected chi connectivity index (χ1v) is 8.30. The van der Waals surface area contributed by atoms with Gasteiger partial charge in [0.1, 0.15) is 11.7 Å². The van der Waals surface area contributed by atoms with E-state index in [4.69, 9.17) is 9.47 Å². The number of carbonyl (C=O) groups is 2. The third-order valence-electron chi connectivity index (χ3n) is 5.19. The minimum Gasteiger partial charge on any atom is -0.497 e. The van der Waals surface area contributed by atoms with Crippen molar-refractivity contribution in [2.75, 3.05) is 20.8 Å². The van der Waals surface area contributed by atoms with Gasteiger partial charge >= 0.3 is 5.97 Å². The van der Waals surface area contributed by atoms with E-state index in [-0.39, 0.29) is 17.9 Å². The standard InChI is InChI=1S/C20H19NO4/c1-24-13-7-8-15-16(11-13)19(22)21-10-9-12-5-3-4-6-14(12)18(21)17(15)20(23)25-2/h3-8,11,17-18H,9-10H2,1-2H3/t17-,18-/m1/s1. The molecule has 25 heavy (non-hydrogen) atoms. The number of fused-ring (bicyclic) bond motifs is 4. The van der Waals surface area contributed by atoms with E-state index in [1.165, 1.54) is 12.7 Å². The van der Waals surface area contributed by atoms with E-state index in [1.54, 1.807) is 24.1 Å². The van der Waals surface area contributed by atoms with Crippen molar-refractivity contribution in [1.82, 2.24) is 4.90 Å². The number of esters is 1. The highest BCUT2D eigenvalue weighted by molar-refractivity contribution is 6.01. The molecule has 2 aromatic carbocycles. The molecule has 2 aromatic rings. The van der Waals surface area contributed by atoms with Gasteiger partial charge in [-0.25, -0.2) is 0 Å². The van der Waals surface area contributed by atoms with Crippen LogP contribution in [0.2, 0.25) is 0 Å². The first-order chi connectivity index (χ1) is 12.2. The second-order valence-electron chi connectivity index (χ2n) is 6.35. The van der Waals surface area contributed by atoms with Crippen LogP contribution < -0.4 is 4.74 Å². The van der Waals surface area contributed by atoms with Crippen molar-refractivity contribution in [2.24, 2.45) is 0 Å². The summed E-state index contributed by atoms with van der Waals surface area (Å²) >= 11 is 0. The summed E-state index contributed by atoms with van der Waals surface area (Å²) in [6, 6.07) is 13.0. The molecule has 0 fully saturated rings. The number of methoxy groups -OCH3 is 2. The molecule has 5 nitrogen and oxygen atoms in total. The van der Waals surface area contributed by atoms with Crippen molar-refractivity contribution < 1.29 is 19.1 Å². The van der Waals surface area contributed by atoms with Gasteiger partial charge in [0, 0.05) is 12.1 Å². The van der Waals surface area contributed by atoms with Gasteiger partial charge in [-0.1, -0.05) is 30.3 Å². The maximum absolute atomic E-state index is 13.1. The van der Waals surface area contributed by atoms with Gasteiger partial charge in [-0.15, -0.1) is 0 Å². The minimum absolute atomic E-state index is 0.0615. The Balaban J connectivity index is 1.94. The summed E-state index contributed by atoms with van der Waals surface area (Å²) in [6.07, 6.45) is 0.783. The summed E-state index contributed by atoms with van der Waals surface area (Å²) in [4.78, 5) is 27.6. The molecule has 0 saturated heterocycles. The van der Waals surface area contributed by atoms with Crippen LogP contribution in [0, 0.1) is 0 Å². The highest BCUT2D eigenvalue weighted by Crippen LogP contribution is 2.46. The van der Waals surface area contributed by atoms with Crippen molar-refractivity contribution in [3.05, 3.63) is 64.7 Å². The second kappa shape index (κ2) is 5.92. The molecule has 2 aliphatic rings. The van der Waals surface area contributed by atoms with Gasteiger partial charge in [-0.05, 0) is 35.2 Å². The fourth-order valence-corrected chi connectivity index (χ4v) is 4.01. The molecule has 128 valence electrons. The van der Waals surface area contributed by atoms with E-state index in [0.717, 1.165) is 12.0 Å². The number of hydrogen-bond donors (Lipinski definition) is 0. The maximum atomic E-state index is 13.1. The zero-order chi connectivity index (χ0) is 17.6. The average molecular weight is 337 g/mol. The van der Waals surface area contributed by atoms with Gasteiger partial charge in [0.25, 0.3) is 5.91 Å². The normalized spacial score (nSPS) is 21.0. The molecule has 4 rings (SSSR count). The van der Waals surface area contributed by atoms with E-state index in [2.05, 4.69) is 6.07 Å². The quantitative estimate of drug-likeness (QED) is 0.791. The highest BCUT2D eigenvalue weighted by atomic mass is 16.5. The molecule has 0 N–H and O–H groups in total. The Morgan fingerprint density at radius 2 is 1.92 bits per heavy atom. The van der Waals surface area contributed by atoms with Crippen LogP contribution in [0.5, 0.6) is 5.75 Å². The Labute approximate surface area is 146 Å². The Morgan fingerprint density at radius 1 is 1.12 bits per heavy atom. The minimum atomic E-state index is -0.537. The molecular formula is C20H19NO4. The molecule has 0 unspecified atom stereocenters. The molecule has 0 aromatic heterocycles. The molecule has 0 radical (unpaired) electrons. The Kier molecular flexibility index (Phi) is 3.71. The summed E-state index contributed by atoms with van der Waals surface area (Å²) in [5.41, 5.74) is 3.43. The maximum Gasteiger partial charge on any atom is 0.315 e. The lowest BCUT2D eigenvalue weighted by molar-refractivity contribution is -0.144. The smallest absolute Gasteiger partial charge is 0.315 e. The fraction of sp³-hybridized carbons (Fsp3) is 0.300. The lowest BCUT2D eigenvalue weighted by Gasteiger charge is -2.44. The third kappa shape index (κ3) is 2.30. The van der Waals surface area contributed by atoms with Gasteiger partial charge in [-0.3, -0.25) is 9.59 Å². The van der Waals surface area contributed by atoms with Crippen LogP contribution in [0.3, 0.4) is 0 Å².